The van der Waals surface area contributed by atoms with Gasteiger partial charge < -0.3 is 10.2 Å². The number of nitrogens with one attached hydrogen (secondary N) is 1. The molecule has 26 heavy (non-hydrogen) atoms. The third-order valence-electron chi connectivity index (χ3n) is 3.46. The SMILES string of the molecule is [C-]#[N+]c1cc(Sc2ccc(NC(=O)c3c(F)cccc3F)cc2)n(C)n1. The molecule has 1 aromatic heterocycles. The van der Waals surface area contributed by atoms with Gasteiger partial charge in [0.15, 0.2) is 0 Å². The molecule has 0 aliphatic carbocycles. The molecule has 1 amide bonds. The molecule has 3 rings (SSSR count). The molecule has 130 valence electrons. The summed E-state index contributed by atoms with van der Waals surface area (Å²) in [5.74, 6) is -2.37. The van der Waals surface area contributed by atoms with E-state index in [0.29, 0.717) is 11.5 Å². The number of carbonyl (C=O) groups excluding carboxylic acids is 1. The van der Waals surface area contributed by atoms with Gasteiger partial charge in [-0.15, -0.1) is 0 Å². The Balaban J connectivity index is 1.72. The second kappa shape index (κ2) is 7.37. The van der Waals surface area contributed by atoms with E-state index < -0.39 is 23.1 Å². The van der Waals surface area contributed by atoms with Crippen LogP contribution in [-0.4, -0.2) is 15.7 Å². The number of benzene rings is 2. The van der Waals surface area contributed by atoms with Crippen LogP contribution < -0.4 is 5.32 Å². The summed E-state index contributed by atoms with van der Waals surface area (Å²) in [6.45, 7) is 6.97. The normalized spacial score (nSPS) is 10.4. The standard InChI is InChI=1S/C18H12F2N4OS/c1-21-15-10-16(24(2)23-15)26-12-8-6-11(7-9-12)22-18(25)17-13(19)4-3-5-14(17)20/h3-10H,2H3,(H,22,25). The molecule has 0 radical (unpaired) electrons. The van der Waals surface area contributed by atoms with Gasteiger partial charge in [-0.3, -0.25) is 4.79 Å². The molecule has 0 fully saturated rings. The van der Waals surface area contributed by atoms with Crippen LogP contribution in [0.3, 0.4) is 0 Å². The molecule has 3 aromatic rings. The zero-order valence-corrected chi connectivity index (χ0v) is 14.3. The van der Waals surface area contributed by atoms with E-state index in [4.69, 9.17) is 6.57 Å². The summed E-state index contributed by atoms with van der Waals surface area (Å²) in [7, 11) is 1.74. The maximum Gasteiger partial charge on any atom is 0.296 e. The van der Waals surface area contributed by atoms with Crippen LogP contribution in [0.25, 0.3) is 4.85 Å². The molecule has 0 bridgehead atoms. The van der Waals surface area contributed by atoms with Crippen molar-refractivity contribution in [3.8, 4) is 0 Å². The van der Waals surface area contributed by atoms with E-state index in [9.17, 15) is 13.6 Å². The molecule has 0 aliphatic heterocycles. The Hall–Kier alpha value is -3.18. The lowest BCUT2D eigenvalue weighted by molar-refractivity contribution is 0.101. The van der Waals surface area contributed by atoms with Gasteiger partial charge in [-0.05, 0) is 47.6 Å². The fourth-order valence-corrected chi connectivity index (χ4v) is 3.07. The molecule has 8 heteroatoms. The summed E-state index contributed by atoms with van der Waals surface area (Å²) < 4.78 is 28.9. The largest absolute Gasteiger partial charge is 0.359 e. The number of hydrogen-bond acceptors (Lipinski definition) is 3. The van der Waals surface area contributed by atoms with Crippen molar-refractivity contribution in [3.05, 3.63) is 77.1 Å². The number of amides is 1. The van der Waals surface area contributed by atoms with Gasteiger partial charge >= 0.3 is 0 Å². The Morgan fingerprint density at radius 2 is 1.85 bits per heavy atom. The molecule has 0 saturated heterocycles. The molecular weight excluding hydrogens is 358 g/mol. The molecule has 0 atom stereocenters. The first-order chi connectivity index (χ1) is 12.5. The van der Waals surface area contributed by atoms with E-state index in [1.54, 1.807) is 42.1 Å². The van der Waals surface area contributed by atoms with E-state index in [1.165, 1.54) is 17.8 Å². The summed E-state index contributed by atoms with van der Waals surface area (Å²) in [6.07, 6.45) is 0. The summed E-state index contributed by atoms with van der Waals surface area (Å²) >= 11 is 1.40. The smallest absolute Gasteiger partial charge is 0.296 e. The van der Waals surface area contributed by atoms with Crippen molar-refractivity contribution in [2.45, 2.75) is 9.92 Å². The summed E-state index contributed by atoms with van der Waals surface area (Å²) in [5.41, 5.74) is -0.207. The van der Waals surface area contributed by atoms with E-state index in [2.05, 4.69) is 15.3 Å². The maximum absolute atomic E-state index is 13.6. The summed E-state index contributed by atoms with van der Waals surface area (Å²) in [5, 5.41) is 7.31. The van der Waals surface area contributed by atoms with Gasteiger partial charge in [0.25, 0.3) is 11.7 Å². The first-order valence-corrected chi connectivity index (χ1v) is 8.24. The third kappa shape index (κ3) is 3.73. The van der Waals surface area contributed by atoms with Crippen molar-refractivity contribution < 1.29 is 13.6 Å². The average Bonchev–Trinajstić information content (AvgIpc) is 2.96. The minimum Gasteiger partial charge on any atom is -0.359 e. The van der Waals surface area contributed by atoms with Crippen LogP contribution in [0.1, 0.15) is 10.4 Å². The summed E-state index contributed by atoms with van der Waals surface area (Å²) in [4.78, 5) is 16.2. The number of hydrogen-bond donors (Lipinski definition) is 1. The van der Waals surface area contributed by atoms with Gasteiger partial charge in [-0.25, -0.2) is 8.78 Å². The van der Waals surface area contributed by atoms with Crippen LogP contribution in [-0.2, 0) is 7.05 Å². The van der Waals surface area contributed by atoms with Crippen LogP contribution in [0, 0.1) is 18.2 Å². The lowest BCUT2D eigenvalue weighted by Gasteiger charge is -2.08. The number of carbonyl (C=O) groups is 1. The van der Waals surface area contributed by atoms with Crippen LogP contribution >= 0.6 is 11.8 Å². The second-order valence-corrected chi connectivity index (χ2v) is 6.35. The van der Waals surface area contributed by atoms with Crippen molar-refractivity contribution in [2.24, 2.45) is 7.05 Å². The topological polar surface area (TPSA) is 51.3 Å². The van der Waals surface area contributed by atoms with E-state index in [-0.39, 0.29) is 0 Å². The number of rotatable bonds is 4. The molecule has 5 nitrogen and oxygen atoms in total. The van der Waals surface area contributed by atoms with E-state index >= 15 is 0 Å². The minimum atomic E-state index is -0.915. The number of anilines is 1. The molecular formula is C18H12F2N4OS. The second-order valence-electron chi connectivity index (χ2n) is 5.25. The summed E-state index contributed by atoms with van der Waals surface area (Å²) in [6, 6.07) is 11.7. The predicted molar refractivity (Wildman–Crippen MR) is 94.3 cm³/mol. The molecule has 1 N–H and O–H groups in total. The van der Waals surface area contributed by atoms with Crippen LogP contribution in [0.4, 0.5) is 20.3 Å². The molecule has 2 aromatic carbocycles. The van der Waals surface area contributed by atoms with Crippen molar-refractivity contribution in [1.82, 2.24) is 9.78 Å². The Morgan fingerprint density at radius 1 is 1.19 bits per heavy atom. The average molecular weight is 370 g/mol. The van der Waals surface area contributed by atoms with Crippen molar-refractivity contribution >= 4 is 29.2 Å². The zero-order valence-electron chi connectivity index (χ0n) is 13.5. The minimum absolute atomic E-state index is 0.311. The molecule has 0 unspecified atom stereocenters. The highest BCUT2D eigenvalue weighted by molar-refractivity contribution is 7.99. The van der Waals surface area contributed by atoms with Crippen molar-refractivity contribution in [3.63, 3.8) is 0 Å². The van der Waals surface area contributed by atoms with Crippen LogP contribution in [0.15, 0.2) is 58.5 Å². The molecule has 1 heterocycles. The van der Waals surface area contributed by atoms with Gasteiger partial charge in [0.1, 0.15) is 22.2 Å². The van der Waals surface area contributed by atoms with Gasteiger partial charge in [-0.1, -0.05) is 24.4 Å². The molecule has 0 aliphatic rings. The highest BCUT2D eigenvalue weighted by atomic mass is 32.2. The van der Waals surface area contributed by atoms with Gasteiger partial charge in [0.05, 0.1) is 7.05 Å². The quantitative estimate of drug-likeness (QED) is 0.680. The van der Waals surface area contributed by atoms with Crippen LogP contribution in [0.2, 0.25) is 0 Å². The Labute approximate surface area is 152 Å². The lowest BCUT2D eigenvalue weighted by Crippen LogP contribution is -2.15. The molecule has 0 saturated carbocycles. The maximum atomic E-state index is 13.6. The Kier molecular flexibility index (Phi) is 5.00. The number of aromatic nitrogens is 2. The number of aryl methyl sites for hydroxylation is 1. The highest BCUT2D eigenvalue weighted by Gasteiger charge is 2.17. The van der Waals surface area contributed by atoms with Crippen molar-refractivity contribution in [2.75, 3.05) is 5.32 Å². The number of halogens is 2. The van der Waals surface area contributed by atoms with Gasteiger partial charge in [0.2, 0.25) is 0 Å². The molecule has 0 spiro atoms. The Bertz CT molecular complexity index is 989. The van der Waals surface area contributed by atoms with Gasteiger partial charge in [-0.2, -0.15) is 4.68 Å². The monoisotopic (exact) mass is 370 g/mol. The third-order valence-corrected chi connectivity index (χ3v) is 4.56. The number of nitrogens with zero attached hydrogens (tertiary/aromatic N) is 3. The first kappa shape index (κ1) is 17.6. The Morgan fingerprint density at radius 3 is 2.42 bits per heavy atom. The van der Waals surface area contributed by atoms with Crippen LogP contribution in [0.5, 0.6) is 0 Å². The zero-order chi connectivity index (χ0) is 18.7. The highest BCUT2D eigenvalue weighted by Crippen LogP contribution is 2.30. The lowest BCUT2D eigenvalue weighted by atomic mass is 10.2. The first-order valence-electron chi connectivity index (χ1n) is 7.42. The van der Waals surface area contributed by atoms with E-state index in [0.717, 1.165) is 22.1 Å². The van der Waals surface area contributed by atoms with Crippen molar-refractivity contribution in [1.29, 1.82) is 0 Å². The predicted octanol–water partition coefficient (Wildman–Crippen LogP) is 4.65. The van der Waals surface area contributed by atoms with E-state index in [1.807, 2.05) is 0 Å². The fourth-order valence-electron chi connectivity index (χ4n) is 2.22. The fraction of sp³-hybridized carbons (Fsp3) is 0.0556. The van der Waals surface area contributed by atoms with Gasteiger partial charge in [0, 0.05) is 10.6 Å².